The molecule has 43 heavy (non-hydrogen) atoms. The minimum Gasteiger partial charge on any atom is -0.490 e. The van der Waals surface area contributed by atoms with Crippen molar-refractivity contribution >= 4 is 35.8 Å². The highest BCUT2D eigenvalue weighted by atomic mass is 16.5. The van der Waals surface area contributed by atoms with Crippen LogP contribution in [0.25, 0.3) is 11.8 Å². The van der Waals surface area contributed by atoms with E-state index in [1.54, 1.807) is 18.4 Å². The van der Waals surface area contributed by atoms with Gasteiger partial charge in [-0.3, -0.25) is 0 Å². The second-order valence-corrected chi connectivity index (χ2v) is 10.3. The van der Waals surface area contributed by atoms with Crippen molar-refractivity contribution < 1.29 is 18.8 Å². The Kier molecular flexibility index (Phi) is 11.0. The van der Waals surface area contributed by atoms with Gasteiger partial charge in [-0.15, -0.1) is 0 Å². The van der Waals surface area contributed by atoms with E-state index < -0.39 is 0 Å². The molecule has 1 N–H and O–H groups in total. The second kappa shape index (κ2) is 15.1. The first kappa shape index (κ1) is 31.4. The summed E-state index contributed by atoms with van der Waals surface area (Å²) in [4.78, 5) is 9.18. The summed E-state index contributed by atoms with van der Waals surface area (Å²) >= 11 is 0. The zero-order valence-electron chi connectivity index (χ0n) is 26.1. The molecule has 3 heterocycles. The van der Waals surface area contributed by atoms with E-state index in [1.165, 1.54) is 0 Å². The number of nitrogens with zero attached hydrogens (tertiary/aromatic N) is 5. The van der Waals surface area contributed by atoms with Gasteiger partial charge in [0.25, 0.3) is 0 Å². The van der Waals surface area contributed by atoms with E-state index in [-0.39, 0.29) is 0 Å². The van der Waals surface area contributed by atoms with Crippen LogP contribution in [0.4, 0.5) is 11.5 Å². The van der Waals surface area contributed by atoms with Crippen LogP contribution < -0.4 is 20.6 Å². The Morgan fingerprint density at radius 2 is 2.14 bits per heavy atom. The van der Waals surface area contributed by atoms with Gasteiger partial charge in [0.1, 0.15) is 36.9 Å². The van der Waals surface area contributed by atoms with Crippen LogP contribution in [0.5, 0.6) is 5.75 Å². The average molecular weight is 584 g/mol. The molecule has 0 amide bonds. The number of anilines is 2. The molecule has 1 aromatic carbocycles. The summed E-state index contributed by atoms with van der Waals surface area (Å²) in [6.45, 7) is 16.4. The molecule has 9 nitrogen and oxygen atoms in total. The number of hydrogen-bond acceptors (Lipinski definition) is 8. The fourth-order valence-electron chi connectivity index (χ4n) is 4.59. The Hall–Kier alpha value is -4.50. The van der Waals surface area contributed by atoms with Crippen LogP contribution in [0.3, 0.4) is 0 Å². The molecule has 2 aliphatic heterocycles. The lowest BCUT2D eigenvalue weighted by Gasteiger charge is -2.21. The van der Waals surface area contributed by atoms with Crippen molar-refractivity contribution in [2.24, 2.45) is 11.0 Å². The van der Waals surface area contributed by atoms with E-state index in [2.05, 4.69) is 58.4 Å². The molecular weight excluding hydrogens is 540 g/mol. The first-order valence-corrected chi connectivity index (χ1v) is 14.8. The molecule has 1 atom stereocenters. The maximum Gasteiger partial charge on any atom is 0.244 e. The Balaban J connectivity index is 1.62. The summed E-state index contributed by atoms with van der Waals surface area (Å²) in [5.74, 6) is 3.19. The van der Waals surface area contributed by atoms with Crippen LogP contribution >= 0.6 is 0 Å². The zero-order chi connectivity index (χ0) is 30.8. The smallest absolute Gasteiger partial charge is 0.244 e. The molecule has 1 aromatic heterocycles. The molecule has 0 aliphatic carbocycles. The number of aryl methyl sites for hydroxylation is 1. The summed E-state index contributed by atoms with van der Waals surface area (Å²) in [6, 6.07) is 5.95. The van der Waals surface area contributed by atoms with Crippen LogP contribution in [-0.4, -0.2) is 58.8 Å². The number of allylic oxidation sites excluding steroid dienone is 3. The van der Waals surface area contributed by atoms with Crippen molar-refractivity contribution in [2.45, 2.75) is 47.5 Å². The number of hydrazone groups is 1. The monoisotopic (exact) mass is 583 g/mol. The van der Waals surface area contributed by atoms with Crippen molar-refractivity contribution in [3.63, 3.8) is 0 Å². The SMILES string of the molecule is C=C1C=C(Oc2ccc(Nc3ncnc(=C/C)/c3=C(OC)\C(=C\CC)[N+]3=CCOCC3)cc2C)C=CN1/N=C\C(C)CC. The van der Waals surface area contributed by atoms with Crippen molar-refractivity contribution in [1.29, 1.82) is 0 Å². The van der Waals surface area contributed by atoms with Crippen molar-refractivity contribution in [3.8, 4) is 5.75 Å². The summed E-state index contributed by atoms with van der Waals surface area (Å²) in [5.41, 5.74) is 3.53. The Bertz CT molecular complexity index is 1600. The Labute approximate surface area is 254 Å². The van der Waals surface area contributed by atoms with E-state index in [4.69, 9.17) is 14.2 Å². The van der Waals surface area contributed by atoms with Gasteiger partial charge < -0.3 is 19.5 Å². The van der Waals surface area contributed by atoms with Crippen LogP contribution in [0.2, 0.25) is 0 Å². The normalized spacial score (nSPS) is 17.5. The predicted octanol–water partition coefficient (Wildman–Crippen LogP) is 5.13. The highest BCUT2D eigenvalue weighted by Gasteiger charge is 2.24. The van der Waals surface area contributed by atoms with Crippen molar-refractivity contribution in [1.82, 2.24) is 15.0 Å². The van der Waals surface area contributed by atoms with Gasteiger partial charge in [-0.05, 0) is 68.5 Å². The summed E-state index contributed by atoms with van der Waals surface area (Å²) in [7, 11) is 1.69. The molecule has 0 saturated carbocycles. The molecule has 4 rings (SSSR count). The van der Waals surface area contributed by atoms with Crippen LogP contribution in [0.15, 0.2) is 77.8 Å². The molecule has 226 valence electrons. The largest absolute Gasteiger partial charge is 0.490 e. The minimum atomic E-state index is 0.403. The van der Waals surface area contributed by atoms with E-state index in [0.29, 0.717) is 36.5 Å². The maximum absolute atomic E-state index is 6.22. The number of hydrogen-bond donors (Lipinski definition) is 1. The van der Waals surface area contributed by atoms with E-state index in [9.17, 15) is 0 Å². The molecule has 0 spiro atoms. The van der Waals surface area contributed by atoms with Gasteiger partial charge in [-0.1, -0.05) is 33.4 Å². The van der Waals surface area contributed by atoms with Gasteiger partial charge in [0.2, 0.25) is 11.5 Å². The third kappa shape index (κ3) is 7.87. The molecular formula is C34H43N6O3+. The van der Waals surface area contributed by atoms with Crippen LogP contribution in [-0.2, 0) is 9.47 Å². The van der Waals surface area contributed by atoms with Crippen LogP contribution in [0.1, 0.15) is 46.1 Å². The average Bonchev–Trinajstić information content (AvgIpc) is 3.02. The summed E-state index contributed by atoms with van der Waals surface area (Å²) in [6.07, 6.45) is 17.2. The second-order valence-electron chi connectivity index (χ2n) is 10.3. The Morgan fingerprint density at radius 3 is 2.79 bits per heavy atom. The fraction of sp³-hybridized carbons (Fsp3) is 0.353. The third-order valence-electron chi connectivity index (χ3n) is 7.15. The van der Waals surface area contributed by atoms with Gasteiger partial charge in [-0.2, -0.15) is 9.68 Å². The van der Waals surface area contributed by atoms with Gasteiger partial charge in [0.15, 0.2) is 12.8 Å². The third-order valence-corrected chi connectivity index (χ3v) is 7.15. The van der Waals surface area contributed by atoms with Crippen molar-refractivity contribution in [3.05, 3.63) is 88.8 Å². The number of methoxy groups -OCH3 is 1. The number of rotatable bonds is 11. The predicted molar refractivity (Wildman–Crippen MR) is 173 cm³/mol. The van der Waals surface area contributed by atoms with E-state index >= 15 is 0 Å². The summed E-state index contributed by atoms with van der Waals surface area (Å²) in [5, 5.41) is 11.3. The molecule has 1 unspecified atom stereocenters. The van der Waals surface area contributed by atoms with E-state index in [0.717, 1.165) is 58.3 Å². The highest BCUT2D eigenvalue weighted by molar-refractivity contribution is 5.67. The highest BCUT2D eigenvalue weighted by Crippen LogP contribution is 2.27. The lowest BCUT2D eigenvalue weighted by molar-refractivity contribution is -0.480. The van der Waals surface area contributed by atoms with Crippen molar-refractivity contribution in [2.75, 3.05) is 32.2 Å². The van der Waals surface area contributed by atoms with E-state index in [1.807, 2.05) is 68.9 Å². The number of ether oxygens (including phenoxy) is 3. The molecule has 2 aliphatic rings. The number of benzene rings is 1. The Morgan fingerprint density at radius 1 is 1.30 bits per heavy atom. The lowest BCUT2D eigenvalue weighted by atomic mass is 10.1. The standard InChI is InChI=1S/C34H43N6O3/c1-8-11-30(39-16-18-42-19-17-39)33(41-7)32-29(10-3)35-23-36-34(32)38-27-12-13-31(25(5)20-27)43-28-14-15-40(26(6)21-28)37-22-24(4)9-2/h10-16,20-24H,6,8-9,17-19H2,1-5,7H3,(H,35,36,38)/q+1/b29-10+,30-11-,33-32-,37-22-. The summed E-state index contributed by atoms with van der Waals surface area (Å²) < 4.78 is 20.0. The molecule has 2 aromatic rings. The quantitative estimate of drug-likeness (QED) is 0.290. The maximum atomic E-state index is 6.22. The van der Waals surface area contributed by atoms with Gasteiger partial charge in [0, 0.05) is 24.2 Å². The molecule has 9 heteroatoms. The first-order valence-electron chi connectivity index (χ1n) is 14.8. The minimum absolute atomic E-state index is 0.403. The topological polar surface area (TPSA) is 84.1 Å². The zero-order valence-corrected chi connectivity index (χ0v) is 26.1. The molecule has 0 bridgehead atoms. The van der Waals surface area contributed by atoms with Gasteiger partial charge >= 0.3 is 0 Å². The van der Waals surface area contributed by atoms with Crippen LogP contribution in [0, 0.1) is 12.8 Å². The fourth-order valence-corrected chi connectivity index (χ4v) is 4.59. The van der Waals surface area contributed by atoms with Gasteiger partial charge in [-0.25, -0.2) is 15.0 Å². The number of aromatic nitrogens is 2. The lowest BCUT2D eigenvalue weighted by Crippen LogP contribution is -2.36. The molecule has 0 fully saturated rings. The van der Waals surface area contributed by atoms with Gasteiger partial charge in [0.05, 0.1) is 23.4 Å². The molecule has 0 radical (unpaired) electrons. The number of nitrogens with one attached hydrogen (secondary N) is 1. The molecule has 0 saturated heterocycles. The first-order chi connectivity index (χ1) is 20.9.